The summed E-state index contributed by atoms with van der Waals surface area (Å²) in [7, 11) is 0. The Morgan fingerprint density at radius 3 is 2.55 bits per heavy atom. The van der Waals surface area contributed by atoms with Crippen LogP contribution in [0.25, 0.3) is 0 Å². The third-order valence-electron chi connectivity index (χ3n) is 3.03. The van der Waals surface area contributed by atoms with Gasteiger partial charge in [-0.3, -0.25) is 14.6 Å². The Bertz CT molecular complexity index is 644. The summed E-state index contributed by atoms with van der Waals surface area (Å²) >= 11 is 5.83. The highest BCUT2D eigenvalue weighted by atomic mass is 35.5. The number of amides is 2. The molecule has 0 aliphatic heterocycles. The van der Waals surface area contributed by atoms with Crippen LogP contribution in [0.4, 0.5) is 5.69 Å². The normalized spacial score (nSPS) is 10.1. The zero-order valence-electron chi connectivity index (χ0n) is 12.1. The van der Waals surface area contributed by atoms with Crippen LogP contribution in [0.2, 0.25) is 5.02 Å². The molecule has 0 spiro atoms. The number of aromatic nitrogens is 1. The summed E-state index contributed by atoms with van der Waals surface area (Å²) in [6, 6.07) is 10.4. The summed E-state index contributed by atoms with van der Waals surface area (Å²) in [4.78, 5) is 29.1. The van der Waals surface area contributed by atoms with Crippen molar-refractivity contribution in [3.63, 3.8) is 0 Å². The average molecular weight is 318 g/mol. The number of halogens is 1. The first kappa shape index (κ1) is 16.0. The lowest BCUT2D eigenvalue weighted by Gasteiger charge is -2.20. The number of pyridine rings is 1. The Morgan fingerprint density at radius 1 is 1.23 bits per heavy atom. The van der Waals surface area contributed by atoms with Gasteiger partial charge in [0.2, 0.25) is 11.8 Å². The van der Waals surface area contributed by atoms with E-state index in [1.165, 1.54) is 11.8 Å². The molecular weight excluding hydrogens is 302 g/mol. The van der Waals surface area contributed by atoms with Crippen molar-refractivity contribution in [1.29, 1.82) is 0 Å². The maximum absolute atomic E-state index is 12.0. The second-order valence-corrected chi connectivity index (χ2v) is 5.16. The predicted octanol–water partition coefficient (Wildman–Crippen LogP) is 2.40. The average Bonchev–Trinajstić information content (AvgIpc) is 2.52. The number of nitrogens with zero attached hydrogens (tertiary/aromatic N) is 2. The van der Waals surface area contributed by atoms with E-state index in [1.54, 1.807) is 42.7 Å². The van der Waals surface area contributed by atoms with E-state index in [4.69, 9.17) is 11.6 Å². The number of benzene rings is 1. The van der Waals surface area contributed by atoms with Crippen LogP contribution in [0.1, 0.15) is 12.5 Å². The summed E-state index contributed by atoms with van der Waals surface area (Å²) in [5.74, 6) is -0.451. The molecule has 0 unspecified atom stereocenters. The van der Waals surface area contributed by atoms with E-state index in [1.807, 2.05) is 6.07 Å². The van der Waals surface area contributed by atoms with Gasteiger partial charge in [-0.25, -0.2) is 0 Å². The molecule has 0 saturated heterocycles. The fourth-order valence-electron chi connectivity index (χ4n) is 1.91. The molecule has 1 heterocycles. The number of nitrogens with one attached hydrogen (secondary N) is 1. The summed E-state index contributed by atoms with van der Waals surface area (Å²) in [5, 5.41) is 3.34. The van der Waals surface area contributed by atoms with Gasteiger partial charge in [-0.2, -0.15) is 0 Å². The molecule has 0 saturated carbocycles. The largest absolute Gasteiger partial charge is 0.350 e. The summed E-state index contributed by atoms with van der Waals surface area (Å²) in [6.07, 6.45) is 3.35. The third kappa shape index (κ3) is 4.56. The molecule has 114 valence electrons. The lowest BCUT2D eigenvalue weighted by Crippen LogP contribution is -2.39. The van der Waals surface area contributed by atoms with E-state index in [9.17, 15) is 9.59 Å². The summed E-state index contributed by atoms with van der Waals surface area (Å²) in [5.41, 5.74) is 1.53. The summed E-state index contributed by atoms with van der Waals surface area (Å²) in [6.45, 7) is 1.75. The van der Waals surface area contributed by atoms with Gasteiger partial charge in [-0.05, 0) is 35.9 Å². The van der Waals surface area contributed by atoms with Crippen LogP contribution in [-0.2, 0) is 16.1 Å². The van der Waals surface area contributed by atoms with Crippen molar-refractivity contribution in [2.75, 3.05) is 11.4 Å². The number of hydrogen-bond donors (Lipinski definition) is 1. The van der Waals surface area contributed by atoms with Crippen LogP contribution >= 0.6 is 11.6 Å². The van der Waals surface area contributed by atoms with Gasteiger partial charge in [0.05, 0.1) is 0 Å². The van der Waals surface area contributed by atoms with Gasteiger partial charge >= 0.3 is 0 Å². The van der Waals surface area contributed by atoms with Crippen molar-refractivity contribution in [3.05, 3.63) is 59.4 Å². The lowest BCUT2D eigenvalue weighted by molar-refractivity contribution is -0.123. The highest BCUT2D eigenvalue weighted by Crippen LogP contribution is 2.18. The van der Waals surface area contributed by atoms with E-state index in [-0.39, 0.29) is 18.4 Å². The first-order chi connectivity index (χ1) is 10.6. The highest BCUT2D eigenvalue weighted by molar-refractivity contribution is 6.30. The first-order valence-corrected chi connectivity index (χ1v) is 7.13. The van der Waals surface area contributed by atoms with Crippen LogP contribution in [0, 0.1) is 0 Å². The van der Waals surface area contributed by atoms with Crippen molar-refractivity contribution in [2.24, 2.45) is 0 Å². The van der Waals surface area contributed by atoms with Crippen molar-refractivity contribution >= 4 is 29.1 Å². The number of anilines is 1. The van der Waals surface area contributed by atoms with Gasteiger partial charge in [-0.15, -0.1) is 0 Å². The number of hydrogen-bond acceptors (Lipinski definition) is 3. The van der Waals surface area contributed by atoms with Gasteiger partial charge in [0, 0.05) is 36.6 Å². The van der Waals surface area contributed by atoms with E-state index >= 15 is 0 Å². The molecule has 5 nitrogen and oxygen atoms in total. The van der Waals surface area contributed by atoms with Gasteiger partial charge in [-0.1, -0.05) is 17.7 Å². The van der Waals surface area contributed by atoms with Crippen molar-refractivity contribution in [1.82, 2.24) is 10.3 Å². The van der Waals surface area contributed by atoms with E-state index in [2.05, 4.69) is 10.3 Å². The minimum Gasteiger partial charge on any atom is -0.350 e. The molecule has 0 fully saturated rings. The second kappa shape index (κ2) is 7.56. The number of rotatable bonds is 5. The van der Waals surface area contributed by atoms with Crippen molar-refractivity contribution in [3.8, 4) is 0 Å². The maximum Gasteiger partial charge on any atom is 0.240 e. The fourth-order valence-corrected chi connectivity index (χ4v) is 2.03. The quantitative estimate of drug-likeness (QED) is 0.921. The lowest BCUT2D eigenvalue weighted by atomic mass is 10.2. The molecule has 0 bridgehead atoms. The van der Waals surface area contributed by atoms with E-state index in [0.717, 1.165) is 5.56 Å². The van der Waals surface area contributed by atoms with Crippen LogP contribution in [0.15, 0.2) is 48.8 Å². The molecule has 0 atom stereocenters. The zero-order chi connectivity index (χ0) is 15.9. The van der Waals surface area contributed by atoms with Gasteiger partial charge in [0.15, 0.2) is 0 Å². The van der Waals surface area contributed by atoms with E-state index < -0.39 is 0 Å². The molecule has 2 rings (SSSR count). The number of carbonyl (C=O) groups excluding carboxylic acids is 2. The van der Waals surface area contributed by atoms with Crippen LogP contribution < -0.4 is 10.2 Å². The second-order valence-electron chi connectivity index (χ2n) is 4.72. The monoisotopic (exact) mass is 317 g/mol. The van der Waals surface area contributed by atoms with Crippen molar-refractivity contribution < 1.29 is 9.59 Å². The maximum atomic E-state index is 12.0. The molecule has 1 N–H and O–H groups in total. The molecule has 22 heavy (non-hydrogen) atoms. The molecule has 0 aliphatic carbocycles. The van der Waals surface area contributed by atoms with Crippen LogP contribution in [-0.4, -0.2) is 23.3 Å². The van der Waals surface area contributed by atoms with Crippen LogP contribution in [0.3, 0.4) is 0 Å². The first-order valence-electron chi connectivity index (χ1n) is 6.75. The third-order valence-corrected chi connectivity index (χ3v) is 3.28. The molecule has 2 amide bonds. The Morgan fingerprint density at radius 2 is 1.95 bits per heavy atom. The van der Waals surface area contributed by atoms with Gasteiger partial charge in [0.1, 0.15) is 6.54 Å². The highest BCUT2D eigenvalue weighted by Gasteiger charge is 2.15. The standard InChI is InChI=1S/C16H16ClN3O2/c1-12(21)20(15-6-4-14(17)5-7-15)11-16(22)19-10-13-3-2-8-18-9-13/h2-9H,10-11H2,1H3,(H,19,22). The van der Waals surface area contributed by atoms with E-state index in [0.29, 0.717) is 17.3 Å². The molecule has 1 aromatic carbocycles. The number of carbonyl (C=O) groups is 2. The minimum absolute atomic E-state index is 0.0444. The molecular formula is C16H16ClN3O2. The SMILES string of the molecule is CC(=O)N(CC(=O)NCc1cccnc1)c1ccc(Cl)cc1. The molecule has 6 heteroatoms. The van der Waals surface area contributed by atoms with Gasteiger partial charge in [0.25, 0.3) is 0 Å². The smallest absolute Gasteiger partial charge is 0.240 e. The summed E-state index contributed by atoms with van der Waals surface area (Å²) < 4.78 is 0. The Balaban J connectivity index is 1.97. The molecule has 1 aromatic heterocycles. The van der Waals surface area contributed by atoms with Crippen molar-refractivity contribution in [2.45, 2.75) is 13.5 Å². The topological polar surface area (TPSA) is 62.3 Å². The van der Waals surface area contributed by atoms with Crippen LogP contribution in [0.5, 0.6) is 0 Å². The Kier molecular flexibility index (Phi) is 5.49. The fraction of sp³-hybridized carbons (Fsp3) is 0.188. The zero-order valence-corrected chi connectivity index (χ0v) is 12.9. The van der Waals surface area contributed by atoms with Gasteiger partial charge < -0.3 is 10.2 Å². The molecule has 0 aliphatic rings. The minimum atomic E-state index is -0.242. The Labute approximate surface area is 133 Å². The molecule has 2 aromatic rings. The Hall–Kier alpha value is -2.40. The predicted molar refractivity (Wildman–Crippen MR) is 85.6 cm³/mol. The molecule has 0 radical (unpaired) electrons.